The molecule has 2 unspecified atom stereocenters. The number of nitrogens with one attached hydrogen (secondary N) is 4. The standard InChI is InChI=1S/C46H65N9O6S/c1-13-54(14-2)32-18-21-36(50-45-53(12)39-23-30(7)34(27-41(39)59-45)43(56)46(8,9)10)40(25-32)60-51-61-62(57,58)42-26-33(55(15-3)16-4)19-22-37(42)47-28-48-44-49-35-20-17-31(29(5)6)24-38(35)52(44)11/h17-22,24-27,29-30,45,47,50-51H,13-16,23,28H2,1-12H3,(H,48,49). The van der Waals surface area contributed by atoms with Gasteiger partial charge in [0.05, 0.1) is 34.8 Å². The third kappa shape index (κ3) is 9.77. The van der Waals surface area contributed by atoms with Crippen molar-refractivity contribution in [3.63, 3.8) is 0 Å². The Morgan fingerprint density at radius 1 is 0.919 bits per heavy atom. The number of imidazole rings is 1. The molecule has 0 fully saturated rings. The Hall–Kier alpha value is -5.45. The van der Waals surface area contributed by atoms with E-state index in [0.717, 1.165) is 46.8 Å². The first-order chi connectivity index (χ1) is 29.4. The number of carbonyl (C=O) groups is 1. The van der Waals surface area contributed by atoms with Gasteiger partial charge in [0.15, 0.2) is 11.5 Å². The second-order valence-electron chi connectivity index (χ2n) is 17.2. The fourth-order valence-corrected chi connectivity index (χ4v) is 8.74. The van der Waals surface area contributed by atoms with Crippen LogP contribution in [0.25, 0.3) is 11.0 Å². The fourth-order valence-electron chi connectivity index (χ4n) is 7.85. The number of anilines is 5. The van der Waals surface area contributed by atoms with Crippen LogP contribution < -0.4 is 36.2 Å². The van der Waals surface area contributed by atoms with Crippen molar-refractivity contribution < 1.29 is 27.1 Å². The number of ketones is 1. The predicted molar refractivity (Wildman–Crippen MR) is 249 cm³/mol. The number of hydrogen-bond acceptors (Lipinski definition) is 14. The van der Waals surface area contributed by atoms with Crippen LogP contribution in [-0.4, -0.2) is 74.9 Å². The van der Waals surface area contributed by atoms with Gasteiger partial charge in [-0.05, 0) is 106 Å². The molecule has 1 aromatic heterocycles. The van der Waals surface area contributed by atoms with Crippen LogP contribution in [0.15, 0.2) is 82.6 Å². The molecule has 2 aliphatic rings. The summed E-state index contributed by atoms with van der Waals surface area (Å²) in [6.07, 6.45) is 1.88. The molecule has 2 heterocycles. The molecule has 6 rings (SSSR count). The molecular weight excluding hydrogens is 807 g/mol. The van der Waals surface area contributed by atoms with Crippen LogP contribution in [0.4, 0.5) is 28.7 Å². The molecule has 0 saturated carbocycles. The number of aromatic nitrogens is 2. The van der Waals surface area contributed by atoms with Gasteiger partial charge in [0.1, 0.15) is 10.7 Å². The molecule has 4 N–H and O–H groups in total. The molecule has 15 nitrogen and oxygen atoms in total. The van der Waals surface area contributed by atoms with E-state index < -0.39 is 21.9 Å². The zero-order valence-corrected chi connectivity index (χ0v) is 39.2. The zero-order valence-electron chi connectivity index (χ0n) is 38.3. The lowest BCUT2D eigenvalue weighted by molar-refractivity contribution is -0.123. The van der Waals surface area contributed by atoms with Gasteiger partial charge in [-0.2, -0.15) is 8.42 Å². The highest BCUT2D eigenvalue weighted by Gasteiger charge is 2.38. The van der Waals surface area contributed by atoms with E-state index in [4.69, 9.17) is 18.8 Å². The lowest BCUT2D eigenvalue weighted by atomic mass is 9.78. The normalized spacial score (nSPS) is 16.6. The number of allylic oxidation sites excluding steroid dienone is 3. The monoisotopic (exact) mass is 871 g/mol. The van der Waals surface area contributed by atoms with Crippen molar-refractivity contribution in [1.29, 1.82) is 0 Å². The molecule has 62 heavy (non-hydrogen) atoms. The summed E-state index contributed by atoms with van der Waals surface area (Å²) in [7, 11) is -0.589. The van der Waals surface area contributed by atoms with E-state index in [0.29, 0.717) is 48.5 Å². The van der Waals surface area contributed by atoms with E-state index in [-0.39, 0.29) is 29.0 Å². The Kier molecular flexibility index (Phi) is 14.0. The third-order valence-electron chi connectivity index (χ3n) is 11.7. The maximum atomic E-state index is 14.1. The number of ether oxygens (including phenoxy) is 1. The molecular formula is C46H65N9O6S. The van der Waals surface area contributed by atoms with E-state index in [2.05, 4.69) is 78.1 Å². The van der Waals surface area contributed by atoms with Crippen molar-refractivity contribution >= 4 is 55.6 Å². The van der Waals surface area contributed by atoms with Crippen LogP contribution in [0.3, 0.4) is 0 Å². The van der Waals surface area contributed by atoms with E-state index in [1.54, 1.807) is 12.1 Å². The molecule has 4 aromatic rings. The summed E-state index contributed by atoms with van der Waals surface area (Å²) < 4.78 is 42.1. The SMILES string of the molecule is CCN(CC)c1ccc(NC2OC3=C(CC(C)C(C(=O)C(C)(C)C)=C3)N2C)c(ONOS(=O)(=O)c2cc(N(CC)CC)ccc2NCNc2nc3ccc(C(C)C)cc3n2C)c1. The van der Waals surface area contributed by atoms with Crippen molar-refractivity contribution in [1.82, 2.24) is 20.1 Å². The zero-order chi connectivity index (χ0) is 45.1. The second kappa shape index (κ2) is 18.9. The quantitative estimate of drug-likeness (QED) is 0.0526. The van der Waals surface area contributed by atoms with Crippen molar-refractivity contribution in [2.45, 2.75) is 92.8 Å². The molecule has 0 spiro atoms. The largest absolute Gasteiger partial charge is 0.450 e. The van der Waals surface area contributed by atoms with E-state index in [9.17, 15) is 13.2 Å². The minimum atomic E-state index is -4.47. The van der Waals surface area contributed by atoms with Crippen LogP contribution in [0.2, 0.25) is 0 Å². The number of fused-ring (bicyclic) bond motifs is 1. The summed E-state index contributed by atoms with van der Waals surface area (Å²) >= 11 is 0. The molecule has 3 aromatic carbocycles. The van der Waals surface area contributed by atoms with Crippen LogP contribution in [0.5, 0.6) is 5.75 Å². The van der Waals surface area contributed by atoms with Crippen molar-refractivity contribution in [3.05, 3.63) is 83.3 Å². The first-order valence-electron chi connectivity index (χ1n) is 21.6. The van der Waals surface area contributed by atoms with Gasteiger partial charge < -0.3 is 44.8 Å². The van der Waals surface area contributed by atoms with Gasteiger partial charge in [-0.15, -0.1) is 4.28 Å². The fraction of sp³-hybridized carbons (Fsp3) is 0.478. The predicted octanol–water partition coefficient (Wildman–Crippen LogP) is 8.53. The van der Waals surface area contributed by atoms with E-state index >= 15 is 0 Å². The van der Waals surface area contributed by atoms with E-state index in [1.165, 1.54) is 5.56 Å². The van der Waals surface area contributed by atoms with Crippen LogP contribution >= 0.6 is 0 Å². The Morgan fingerprint density at radius 2 is 1.56 bits per heavy atom. The number of Topliss-reactive ketones (excluding diaryl/α,β-unsaturated/α-hetero) is 1. The number of rotatable bonds is 19. The van der Waals surface area contributed by atoms with Gasteiger partial charge in [-0.3, -0.25) is 4.79 Å². The van der Waals surface area contributed by atoms with Crippen molar-refractivity contribution in [2.24, 2.45) is 18.4 Å². The van der Waals surface area contributed by atoms with Gasteiger partial charge in [0, 0.05) is 68.7 Å². The summed E-state index contributed by atoms with van der Waals surface area (Å²) in [6.45, 7) is 23.3. The number of carbonyl (C=O) groups excluding carboxylic acids is 1. The first-order valence-corrected chi connectivity index (χ1v) is 23.0. The Labute approximate surface area is 367 Å². The second-order valence-corrected chi connectivity index (χ2v) is 18.7. The number of hydrogen-bond donors (Lipinski definition) is 4. The van der Waals surface area contributed by atoms with Crippen LogP contribution in [-0.2, 0) is 31.0 Å². The minimum Gasteiger partial charge on any atom is -0.450 e. The molecule has 0 saturated heterocycles. The third-order valence-corrected chi connectivity index (χ3v) is 12.9. The van der Waals surface area contributed by atoms with E-state index in [1.807, 2.05) is 94.6 Å². The Balaban J connectivity index is 1.21. The molecule has 16 heteroatoms. The highest BCUT2D eigenvalue weighted by molar-refractivity contribution is 7.86. The van der Waals surface area contributed by atoms with Crippen molar-refractivity contribution in [2.75, 3.05) is 65.6 Å². The molecule has 1 aliphatic carbocycles. The summed E-state index contributed by atoms with van der Waals surface area (Å²) in [4.78, 5) is 30.2. The van der Waals surface area contributed by atoms with Crippen molar-refractivity contribution in [3.8, 4) is 5.75 Å². The topological polar surface area (TPSA) is 155 Å². The summed E-state index contributed by atoms with van der Waals surface area (Å²) in [5.74, 6) is 2.07. The molecule has 2 atom stereocenters. The summed E-state index contributed by atoms with van der Waals surface area (Å²) in [6, 6.07) is 17.1. The summed E-state index contributed by atoms with van der Waals surface area (Å²) in [5.41, 5.74) is 9.04. The summed E-state index contributed by atoms with van der Waals surface area (Å²) in [5, 5.41) is 9.95. The lowest BCUT2D eigenvalue weighted by Crippen LogP contribution is -2.35. The minimum absolute atomic E-state index is 0.0278. The van der Waals surface area contributed by atoms with Gasteiger partial charge in [-0.1, -0.05) is 47.6 Å². The maximum absolute atomic E-state index is 14.1. The highest BCUT2D eigenvalue weighted by Crippen LogP contribution is 2.41. The number of benzene rings is 3. The molecule has 1 aliphatic heterocycles. The lowest BCUT2D eigenvalue weighted by Gasteiger charge is -2.28. The number of aryl methyl sites for hydroxylation is 1. The first kappa shape index (κ1) is 46.1. The van der Waals surface area contributed by atoms with Gasteiger partial charge in [0.25, 0.3) is 6.35 Å². The Morgan fingerprint density at radius 3 is 2.19 bits per heavy atom. The molecule has 0 radical (unpaired) electrons. The van der Waals surface area contributed by atoms with Gasteiger partial charge in [0.2, 0.25) is 5.95 Å². The van der Waals surface area contributed by atoms with Gasteiger partial charge in [-0.25, -0.2) is 4.98 Å². The average molecular weight is 872 g/mol. The highest BCUT2D eigenvalue weighted by atomic mass is 32.2. The maximum Gasteiger partial charge on any atom is 0.317 e. The molecule has 0 bridgehead atoms. The molecule has 0 amide bonds. The van der Waals surface area contributed by atoms with Crippen LogP contribution in [0.1, 0.15) is 87.1 Å². The Bertz CT molecular complexity index is 2430. The van der Waals surface area contributed by atoms with Gasteiger partial charge >= 0.3 is 10.1 Å². The number of nitrogens with zero attached hydrogens (tertiary/aromatic N) is 5. The smallest absolute Gasteiger partial charge is 0.317 e. The average Bonchev–Trinajstić information content (AvgIpc) is 3.71. The molecule has 336 valence electrons. The van der Waals surface area contributed by atoms with Crippen LogP contribution in [0, 0.1) is 11.3 Å².